The van der Waals surface area contributed by atoms with E-state index in [-0.39, 0.29) is 10.7 Å². The third kappa shape index (κ3) is 1.44. The summed E-state index contributed by atoms with van der Waals surface area (Å²) in [6, 6.07) is 3.17. The van der Waals surface area contributed by atoms with Crippen LogP contribution in [0.5, 0.6) is 0 Å². The second-order valence-electron chi connectivity index (χ2n) is 3.29. The van der Waals surface area contributed by atoms with Gasteiger partial charge in [-0.1, -0.05) is 0 Å². The van der Waals surface area contributed by atoms with E-state index in [0.717, 1.165) is 9.46 Å². The van der Waals surface area contributed by atoms with E-state index in [1.165, 1.54) is 18.5 Å². The van der Waals surface area contributed by atoms with Gasteiger partial charge >= 0.3 is 0 Å². The first-order chi connectivity index (χ1) is 7.65. The summed E-state index contributed by atoms with van der Waals surface area (Å²) in [5.74, 6) is 0. The standard InChI is InChI=1S/C10H12N4O2/c1-2-12-8-4-3-7(11)9-10(8)14(16)6-5-13(9)15/h3-6,11,15-16H,2H2,1H3. The monoisotopic (exact) mass is 220 g/mol. The Labute approximate surface area is 90.4 Å². The number of hydrogen-bond donors (Lipinski definition) is 3. The van der Waals surface area contributed by atoms with Crippen molar-refractivity contribution in [3.63, 3.8) is 0 Å². The first kappa shape index (κ1) is 10.3. The molecule has 0 aromatic heterocycles. The molecule has 6 nitrogen and oxygen atoms in total. The average molecular weight is 220 g/mol. The summed E-state index contributed by atoms with van der Waals surface area (Å²) in [6.07, 6.45) is 2.55. The zero-order valence-electron chi connectivity index (χ0n) is 8.75. The smallest absolute Gasteiger partial charge is 0.134 e. The van der Waals surface area contributed by atoms with Gasteiger partial charge in [-0.25, -0.2) is 0 Å². The maximum Gasteiger partial charge on any atom is 0.134 e. The van der Waals surface area contributed by atoms with Crippen LogP contribution in [0.3, 0.4) is 0 Å². The first-order valence-corrected chi connectivity index (χ1v) is 4.85. The average Bonchev–Trinajstić information content (AvgIpc) is 2.26. The van der Waals surface area contributed by atoms with Crippen molar-refractivity contribution in [1.29, 1.82) is 5.41 Å². The van der Waals surface area contributed by atoms with Crippen LogP contribution in [0.25, 0.3) is 0 Å². The van der Waals surface area contributed by atoms with Crippen molar-refractivity contribution >= 4 is 0 Å². The van der Waals surface area contributed by atoms with Gasteiger partial charge in [0.05, 0.1) is 23.1 Å². The molecule has 3 N–H and O–H groups in total. The van der Waals surface area contributed by atoms with E-state index >= 15 is 0 Å². The topological polar surface area (TPSA) is 86.5 Å². The van der Waals surface area contributed by atoms with Crippen molar-refractivity contribution < 1.29 is 10.4 Å². The highest BCUT2D eigenvalue weighted by Crippen LogP contribution is 1.89. The molecular weight excluding hydrogens is 208 g/mol. The van der Waals surface area contributed by atoms with Crippen molar-refractivity contribution in [3.8, 4) is 0 Å². The maximum absolute atomic E-state index is 9.68. The Hall–Kier alpha value is -2.24. The molecular formula is C10H12N4O2. The van der Waals surface area contributed by atoms with Crippen molar-refractivity contribution in [2.24, 2.45) is 4.99 Å². The quantitative estimate of drug-likeness (QED) is 0.585. The SMILES string of the molecule is CCN=c1ccc(=N)c2n(O)ccn(O)c1=2. The van der Waals surface area contributed by atoms with Crippen molar-refractivity contribution in [3.05, 3.63) is 45.9 Å². The van der Waals surface area contributed by atoms with Gasteiger partial charge in [-0.15, -0.1) is 0 Å². The van der Waals surface area contributed by atoms with Gasteiger partial charge in [0, 0.05) is 6.54 Å². The lowest BCUT2D eigenvalue weighted by molar-refractivity contribution is 0.142. The minimum absolute atomic E-state index is 0.121. The molecule has 0 radical (unpaired) electrons. The third-order valence-electron chi connectivity index (χ3n) is 2.27. The fourth-order valence-corrected chi connectivity index (χ4v) is 1.60. The summed E-state index contributed by atoms with van der Waals surface area (Å²) >= 11 is 0. The second-order valence-corrected chi connectivity index (χ2v) is 3.29. The Morgan fingerprint density at radius 3 is 2.44 bits per heavy atom. The summed E-state index contributed by atoms with van der Waals surface area (Å²) in [4.78, 5) is 4.19. The number of rotatable bonds is 1. The van der Waals surface area contributed by atoms with Gasteiger partial charge in [0.25, 0.3) is 0 Å². The molecule has 0 bridgehead atoms. The van der Waals surface area contributed by atoms with Crippen LogP contribution in [0.2, 0.25) is 0 Å². The lowest BCUT2D eigenvalue weighted by Gasteiger charge is -2.05. The molecule has 0 aromatic rings. The molecule has 0 saturated heterocycles. The summed E-state index contributed by atoms with van der Waals surface area (Å²) in [6.45, 7) is 2.44. The molecule has 6 heteroatoms. The maximum atomic E-state index is 9.68. The third-order valence-corrected chi connectivity index (χ3v) is 2.27. The highest BCUT2D eigenvalue weighted by atomic mass is 16.5. The Bertz CT molecular complexity index is 698. The van der Waals surface area contributed by atoms with Crippen LogP contribution in [0.4, 0.5) is 0 Å². The second kappa shape index (κ2) is 3.73. The lowest BCUT2D eigenvalue weighted by Crippen LogP contribution is -2.23. The van der Waals surface area contributed by atoms with E-state index in [4.69, 9.17) is 5.41 Å². The molecule has 0 fully saturated rings. The highest BCUT2D eigenvalue weighted by Gasteiger charge is 2.01. The number of nitrogens with zero attached hydrogens (tertiary/aromatic N) is 3. The largest absolute Gasteiger partial charge is 0.428 e. The summed E-state index contributed by atoms with van der Waals surface area (Å²) in [5.41, 5.74) is 0. The molecule has 0 spiro atoms. The summed E-state index contributed by atoms with van der Waals surface area (Å²) < 4.78 is 1.66. The zero-order chi connectivity index (χ0) is 11.7. The molecule has 1 aliphatic heterocycles. The molecule has 2 aliphatic rings. The Morgan fingerprint density at radius 2 is 1.81 bits per heavy atom. The van der Waals surface area contributed by atoms with Crippen LogP contribution in [-0.4, -0.2) is 26.4 Å². The molecule has 0 saturated carbocycles. The van der Waals surface area contributed by atoms with Gasteiger partial charge in [0.1, 0.15) is 10.7 Å². The van der Waals surface area contributed by atoms with Gasteiger partial charge in [-0.2, -0.15) is 9.46 Å². The van der Waals surface area contributed by atoms with Gasteiger partial charge in [-0.05, 0) is 19.1 Å². The molecule has 0 amide bonds. The van der Waals surface area contributed by atoms with E-state index in [1.54, 1.807) is 6.07 Å². The van der Waals surface area contributed by atoms with Crippen LogP contribution < -0.4 is 10.7 Å². The van der Waals surface area contributed by atoms with E-state index < -0.39 is 0 Å². The van der Waals surface area contributed by atoms with Crippen LogP contribution in [-0.2, 0) is 0 Å². The summed E-state index contributed by atoms with van der Waals surface area (Å²) in [7, 11) is 0. The van der Waals surface area contributed by atoms with Crippen LogP contribution in [0.1, 0.15) is 6.92 Å². The lowest BCUT2D eigenvalue weighted by atomic mass is 10.3. The van der Waals surface area contributed by atoms with Crippen LogP contribution >= 0.6 is 0 Å². The first-order valence-electron chi connectivity index (χ1n) is 4.85. The highest BCUT2D eigenvalue weighted by molar-refractivity contribution is 5.04. The number of hydrogen-bond acceptors (Lipinski definition) is 4. The van der Waals surface area contributed by atoms with Crippen LogP contribution in [0.15, 0.2) is 29.5 Å². The molecule has 0 atom stereocenters. The molecule has 2 rings (SSSR count). The predicted octanol–water partition coefficient (Wildman–Crippen LogP) is -0.111. The molecule has 0 unspecified atom stereocenters. The van der Waals surface area contributed by atoms with E-state index in [1.807, 2.05) is 6.92 Å². The fourth-order valence-electron chi connectivity index (χ4n) is 1.60. The molecule has 1 aliphatic carbocycles. The molecule has 84 valence electrons. The zero-order valence-corrected chi connectivity index (χ0v) is 8.75. The predicted molar refractivity (Wildman–Crippen MR) is 54.0 cm³/mol. The van der Waals surface area contributed by atoms with Gasteiger partial charge in [0.15, 0.2) is 0 Å². The van der Waals surface area contributed by atoms with Crippen LogP contribution in [0, 0.1) is 16.1 Å². The minimum atomic E-state index is 0.121. The van der Waals surface area contributed by atoms with Crippen molar-refractivity contribution in [1.82, 2.24) is 9.46 Å². The van der Waals surface area contributed by atoms with Gasteiger partial charge < -0.3 is 10.4 Å². The number of aromatic nitrogens is 2. The molecule has 0 aromatic carbocycles. The molecule has 1 heterocycles. The van der Waals surface area contributed by atoms with Gasteiger partial charge in [-0.3, -0.25) is 10.4 Å². The molecule has 16 heavy (non-hydrogen) atoms. The van der Waals surface area contributed by atoms with E-state index in [0.29, 0.717) is 17.3 Å². The normalized spacial score (nSPS) is 12.2. The fraction of sp³-hybridized carbons (Fsp3) is 0.200. The Kier molecular flexibility index (Phi) is 2.40. The minimum Gasteiger partial charge on any atom is -0.428 e. The number of nitrogens with one attached hydrogen (secondary N) is 1. The van der Waals surface area contributed by atoms with Gasteiger partial charge in [0.2, 0.25) is 0 Å². The van der Waals surface area contributed by atoms with E-state index in [9.17, 15) is 10.4 Å². The Balaban J connectivity index is 3.22. The Morgan fingerprint density at radius 1 is 1.19 bits per heavy atom. The van der Waals surface area contributed by atoms with Crippen molar-refractivity contribution in [2.45, 2.75) is 6.92 Å². The van der Waals surface area contributed by atoms with E-state index in [2.05, 4.69) is 4.99 Å². The summed E-state index contributed by atoms with van der Waals surface area (Å²) in [5, 5.41) is 28.2. The van der Waals surface area contributed by atoms with Crippen molar-refractivity contribution in [2.75, 3.05) is 6.54 Å².